The van der Waals surface area contributed by atoms with Crippen molar-refractivity contribution in [3.63, 3.8) is 0 Å². The molecule has 1 aromatic rings. The number of hydrogen-bond acceptors (Lipinski definition) is 2. The molecule has 0 radical (unpaired) electrons. The summed E-state index contributed by atoms with van der Waals surface area (Å²) in [5, 5.41) is 0. The Balaban J connectivity index is 2.48. The molecule has 0 N–H and O–H groups in total. The first-order chi connectivity index (χ1) is 7.09. The van der Waals surface area contributed by atoms with E-state index in [0.29, 0.717) is 18.1 Å². The van der Waals surface area contributed by atoms with Crippen molar-refractivity contribution in [2.45, 2.75) is 20.0 Å². The minimum atomic E-state index is -1.80. The van der Waals surface area contributed by atoms with Gasteiger partial charge in [-0.25, -0.2) is 4.39 Å². The second-order valence-corrected chi connectivity index (χ2v) is 5.01. The zero-order valence-electron chi connectivity index (χ0n) is 8.94. The number of hydrogen-bond donors (Lipinski definition) is 0. The van der Waals surface area contributed by atoms with Crippen molar-refractivity contribution in [2.75, 3.05) is 6.61 Å². The van der Waals surface area contributed by atoms with Gasteiger partial charge in [-0.05, 0) is 16.5 Å². The molecule has 0 spiro atoms. The Morgan fingerprint density at radius 1 is 1.40 bits per heavy atom. The smallest absolute Gasteiger partial charge is 0.207 e. The molecule has 1 aromatic carbocycles. The molecular weight excluding hydrogens is 214 g/mol. The molecule has 0 aliphatic carbocycles. The third kappa shape index (κ3) is 4.50. The van der Waals surface area contributed by atoms with Crippen molar-refractivity contribution in [3.8, 4) is 0 Å². The van der Waals surface area contributed by atoms with Crippen LogP contribution >= 0.6 is 8.03 Å². The van der Waals surface area contributed by atoms with E-state index in [0.717, 1.165) is 0 Å². The van der Waals surface area contributed by atoms with Gasteiger partial charge >= 0.3 is 8.03 Å². The van der Waals surface area contributed by atoms with Crippen LogP contribution in [0.4, 0.5) is 4.39 Å². The van der Waals surface area contributed by atoms with Crippen LogP contribution in [0.3, 0.4) is 0 Å². The highest BCUT2D eigenvalue weighted by molar-refractivity contribution is 7.38. The summed E-state index contributed by atoms with van der Waals surface area (Å²) < 4.78 is 29.7. The lowest BCUT2D eigenvalue weighted by atomic mass is 10.2. The van der Waals surface area contributed by atoms with E-state index in [1.54, 1.807) is 18.2 Å². The molecule has 15 heavy (non-hydrogen) atoms. The zero-order valence-corrected chi connectivity index (χ0v) is 9.84. The van der Waals surface area contributed by atoms with Crippen LogP contribution in [0.25, 0.3) is 0 Å². The molecule has 0 aromatic heterocycles. The van der Waals surface area contributed by atoms with Crippen molar-refractivity contribution in [1.29, 1.82) is 0 Å². The Kier molecular flexibility index (Phi) is 4.86. The number of benzene rings is 1. The van der Waals surface area contributed by atoms with Crippen LogP contribution in [0.1, 0.15) is 19.4 Å². The maximum absolute atomic E-state index is 13.2. The molecule has 0 fully saturated rings. The third-order valence-electron chi connectivity index (χ3n) is 1.81. The summed E-state index contributed by atoms with van der Waals surface area (Å²) >= 11 is 0. The van der Waals surface area contributed by atoms with E-state index >= 15 is 0 Å². The molecule has 0 saturated carbocycles. The van der Waals surface area contributed by atoms with E-state index in [2.05, 4.69) is 0 Å². The summed E-state index contributed by atoms with van der Waals surface area (Å²) in [7, 11) is -1.80. The van der Waals surface area contributed by atoms with Crippen molar-refractivity contribution in [1.82, 2.24) is 0 Å². The van der Waals surface area contributed by atoms with Gasteiger partial charge in [0.15, 0.2) is 0 Å². The van der Waals surface area contributed by atoms with Gasteiger partial charge < -0.3 is 0 Å². The highest BCUT2D eigenvalue weighted by atomic mass is 31.1. The SMILES string of the molecule is CC(C)CO[P+](=O)Cc1ccccc1F. The first-order valence-corrected chi connectivity index (χ1v) is 6.27. The van der Waals surface area contributed by atoms with Crippen LogP contribution in [-0.4, -0.2) is 6.61 Å². The minimum Gasteiger partial charge on any atom is -0.207 e. The molecule has 0 bridgehead atoms. The van der Waals surface area contributed by atoms with Crippen LogP contribution in [0.2, 0.25) is 0 Å². The molecule has 1 unspecified atom stereocenters. The van der Waals surface area contributed by atoms with Crippen LogP contribution < -0.4 is 0 Å². The van der Waals surface area contributed by atoms with Gasteiger partial charge in [0, 0.05) is 5.56 Å². The van der Waals surface area contributed by atoms with E-state index < -0.39 is 8.03 Å². The molecule has 0 aliphatic heterocycles. The third-order valence-corrected chi connectivity index (χ3v) is 2.85. The largest absolute Gasteiger partial charge is 0.513 e. The van der Waals surface area contributed by atoms with Crippen LogP contribution in [0, 0.1) is 11.7 Å². The van der Waals surface area contributed by atoms with Gasteiger partial charge in [-0.1, -0.05) is 32.0 Å². The van der Waals surface area contributed by atoms with E-state index in [9.17, 15) is 8.96 Å². The Bertz CT molecular complexity index is 339. The first kappa shape index (κ1) is 12.3. The van der Waals surface area contributed by atoms with E-state index in [4.69, 9.17) is 4.52 Å². The van der Waals surface area contributed by atoms with Crippen molar-refractivity contribution < 1.29 is 13.5 Å². The fourth-order valence-corrected chi connectivity index (χ4v) is 2.13. The maximum Gasteiger partial charge on any atom is 0.513 e. The lowest BCUT2D eigenvalue weighted by Gasteiger charge is -1.97. The molecule has 0 saturated heterocycles. The van der Waals surface area contributed by atoms with E-state index in [-0.39, 0.29) is 12.0 Å². The summed E-state index contributed by atoms with van der Waals surface area (Å²) in [6.07, 6.45) is 0.148. The van der Waals surface area contributed by atoms with Crippen molar-refractivity contribution in [3.05, 3.63) is 35.6 Å². The zero-order chi connectivity index (χ0) is 11.3. The Labute approximate surface area is 90.3 Å². The summed E-state index contributed by atoms with van der Waals surface area (Å²) in [5.41, 5.74) is 0.447. The normalized spacial score (nSPS) is 11.9. The monoisotopic (exact) mass is 229 g/mol. The van der Waals surface area contributed by atoms with Crippen LogP contribution in [0.5, 0.6) is 0 Å². The van der Waals surface area contributed by atoms with Crippen molar-refractivity contribution in [2.24, 2.45) is 5.92 Å². The quantitative estimate of drug-likeness (QED) is 0.719. The highest BCUT2D eigenvalue weighted by Gasteiger charge is 2.20. The maximum atomic E-state index is 13.2. The highest BCUT2D eigenvalue weighted by Crippen LogP contribution is 2.29. The van der Waals surface area contributed by atoms with Gasteiger partial charge in [-0.2, -0.15) is 0 Å². The Morgan fingerprint density at radius 3 is 2.67 bits per heavy atom. The topological polar surface area (TPSA) is 26.3 Å². The lowest BCUT2D eigenvalue weighted by Crippen LogP contribution is -1.97. The van der Waals surface area contributed by atoms with Gasteiger partial charge in [0.1, 0.15) is 12.4 Å². The fraction of sp³-hybridized carbons (Fsp3) is 0.455. The summed E-state index contributed by atoms with van der Waals surface area (Å²) in [4.78, 5) is 0. The predicted octanol–water partition coefficient (Wildman–Crippen LogP) is 3.74. The Hall–Kier alpha value is -0.790. The van der Waals surface area contributed by atoms with Gasteiger partial charge in [0.25, 0.3) is 0 Å². The van der Waals surface area contributed by atoms with Gasteiger partial charge in [0.2, 0.25) is 6.16 Å². The summed E-state index contributed by atoms with van der Waals surface area (Å²) in [5.74, 6) is 0.0126. The molecule has 82 valence electrons. The van der Waals surface area contributed by atoms with E-state index in [1.807, 2.05) is 13.8 Å². The summed E-state index contributed by atoms with van der Waals surface area (Å²) in [6.45, 7) is 4.40. The Morgan fingerprint density at radius 2 is 2.07 bits per heavy atom. The van der Waals surface area contributed by atoms with E-state index in [1.165, 1.54) is 6.07 Å². The van der Waals surface area contributed by atoms with Crippen LogP contribution in [0.15, 0.2) is 24.3 Å². The van der Waals surface area contributed by atoms with Crippen LogP contribution in [-0.2, 0) is 15.3 Å². The second kappa shape index (κ2) is 5.94. The molecule has 2 nitrogen and oxygen atoms in total. The minimum absolute atomic E-state index is 0.148. The molecule has 1 rings (SSSR count). The molecule has 0 amide bonds. The van der Waals surface area contributed by atoms with Gasteiger partial charge in [-0.15, -0.1) is 4.52 Å². The average molecular weight is 229 g/mol. The second-order valence-electron chi connectivity index (χ2n) is 3.77. The molecule has 0 aliphatic rings. The van der Waals surface area contributed by atoms with Crippen molar-refractivity contribution >= 4 is 8.03 Å². The first-order valence-electron chi connectivity index (χ1n) is 4.90. The van der Waals surface area contributed by atoms with Gasteiger partial charge in [-0.3, -0.25) is 0 Å². The predicted molar refractivity (Wildman–Crippen MR) is 58.5 cm³/mol. The number of halogens is 1. The van der Waals surface area contributed by atoms with Gasteiger partial charge in [0.05, 0.1) is 0 Å². The molecule has 1 atom stereocenters. The standard InChI is InChI=1S/C11H15FO2P/c1-9(2)7-14-15(13)8-10-5-3-4-6-11(10)12/h3-6,9H,7-8H2,1-2H3/q+1. The fourth-order valence-electron chi connectivity index (χ4n) is 1.04. The lowest BCUT2D eigenvalue weighted by molar-refractivity contribution is 0.282. The molecule has 4 heteroatoms. The summed E-state index contributed by atoms with van der Waals surface area (Å²) in [6, 6.07) is 6.33. The molecule has 0 heterocycles. The average Bonchev–Trinajstić information content (AvgIpc) is 2.18. The number of rotatable bonds is 5. The molecular formula is C11H15FO2P+.